The van der Waals surface area contributed by atoms with Gasteiger partial charge in [0.25, 0.3) is 0 Å². The first kappa shape index (κ1) is 12.8. The number of nitrogens with one attached hydrogen (secondary N) is 1. The fourth-order valence-corrected chi connectivity index (χ4v) is 1.75. The number of hydrogen-bond donors (Lipinski definition) is 2. The van der Waals surface area contributed by atoms with Gasteiger partial charge in [0.15, 0.2) is 0 Å². The third-order valence-electron chi connectivity index (χ3n) is 2.67. The molecule has 0 atom stereocenters. The van der Waals surface area contributed by atoms with Crippen LogP contribution in [0.1, 0.15) is 25.7 Å². The number of hydrogen-bond acceptors (Lipinski definition) is 2. The van der Waals surface area contributed by atoms with Crippen LogP contribution in [0.4, 0.5) is 13.2 Å². The van der Waals surface area contributed by atoms with E-state index in [1.54, 1.807) is 0 Å². The van der Waals surface area contributed by atoms with E-state index in [0.29, 0.717) is 12.8 Å². The van der Waals surface area contributed by atoms with Crippen LogP contribution in [0.3, 0.4) is 0 Å². The molecule has 0 bridgehead atoms. The molecule has 7 heteroatoms. The second kappa shape index (κ2) is 4.71. The number of rotatable bonds is 2. The van der Waals surface area contributed by atoms with Crippen LogP contribution in [0.5, 0.6) is 0 Å². The van der Waals surface area contributed by atoms with E-state index >= 15 is 0 Å². The Morgan fingerprint density at radius 1 is 1.12 bits per heavy atom. The van der Waals surface area contributed by atoms with Crippen molar-refractivity contribution in [2.75, 3.05) is 0 Å². The highest BCUT2D eigenvalue weighted by Gasteiger charge is 2.40. The second-order valence-corrected chi connectivity index (χ2v) is 3.86. The van der Waals surface area contributed by atoms with Gasteiger partial charge in [0.2, 0.25) is 0 Å². The smallest absolute Gasteiger partial charge is 0.471 e. The number of halogens is 3. The molecule has 0 radical (unpaired) electrons. The number of carbonyl (C=O) groups excluding carboxylic acids is 1. The Balaban J connectivity index is 2.38. The summed E-state index contributed by atoms with van der Waals surface area (Å²) in [6, 6.07) is -0.565. The summed E-state index contributed by atoms with van der Waals surface area (Å²) in [5.41, 5.74) is 0. The maximum Gasteiger partial charge on any atom is 0.471 e. The van der Waals surface area contributed by atoms with Crippen LogP contribution in [0.15, 0.2) is 0 Å². The van der Waals surface area contributed by atoms with Crippen molar-refractivity contribution in [1.82, 2.24) is 5.32 Å². The first-order valence-corrected chi connectivity index (χ1v) is 4.91. The van der Waals surface area contributed by atoms with Crippen molar-refractivity contribution in [3.63, 3.8) is 0 Å². The molecular formula is C9H12F3NO3. The molecule has 0 aromatic carbocycles. The minimum absolute atomic E-state index is 0.277. The van der Waals surface area contributed by atoms with Crippen molar-refractivity contribution in [3.8, 4) is 0 Å². The molecule has 0 aliphatic heterocycles. The van der Waals surface area contributed by atoms with E-state index in [2.05, 4.69) is 0 Å². The summed E-state index contributed by atoms with van der Waals surface area (Å²) < 4.78 is 35.7. The lowest BCUT2D eigenvalue weighted by Crippen LogP contribution is -2.45. The second-order valence-electron chi connectivity index (χ2n) is 3.86. The summed E-state index contributed by atoms with van der Waals surface area (Å²) in [6.07, 6.45) is -3.71. The zero-order chi connectivity index (χ0) is 12.3. The molecule has 1 amide bonds. The molecule has 1 fully saturated rings. The fraction of sp³-hybridized carbons (Fsp3) is 0.778. The average Bonchev–Trinajstić information content (AvgIpc) is 2.17. The van der Waals surface area contributed by atoms with Gasteiger partial charge < -0.3 is 10.4 Å². The van der Waals surface area contributed by atoms with Crippen molar-refractivity contribution in [1.29, 1.82) is 0 Å². The number of alkyl halides is 3. The highest BCUT2D eigenvalue weighted by Crippen LogP contribution is 2.25. The molecule has 16 heavy (non-hydrogen) atoms. The van der Waals surface area contributed by atoms with Gasteiger partial charge in [0.05, 0.1) is 5.92 Å². The Labute approximate surface area is 89.8 Å². The number of aliphatic carboxylic acids is 1. The quantitative estimate of drug-likeness (QED) is 0.763. The van der Waals surface area contributed by atoms with Gasteiger partial charge in [-0.3, -0.25) is 9.59 Å². The maximum absolute atomic E-state index is 11.9. The van der Waals surface area contributed by atoms with Crippen molar-refractivity contribution >= 4 is 11.9 Å². The predicted octanol–water partition coefficient (Wildman–Crippen LogP) is 1.31. The zero-order valence-electron chi connectivity index (χ0n) is 8.38. The molecule has 1 aliphatic rings. The van der Waals surface area contributed by atoms with E-state index in [-0.39, 0.29) is 12.8 Å². The van der Waals surface area contributed by atoms with Crippen LogP contribution in [-0.2, 0) is 9.59 Å². The van der Waals surface area contributed by atoms with E-state index in [1.165, 1.54) is 0 Å². The minimum atomic E-state index is -4.87. The van der Waals surface area contributed by atoms with Crippen LogP contribution in [0, 0.1) is 5.92 Å². The van der Waals surface area contributed by atoms with Crippen LogP contribution in [0.25, 0.3) is 0 Å². The van der Waals surface area contributed by atoms with E-state index in [0.717, 1.165) is 0 Å². The van der Waals surface area contributed by atoms with Gasteiger partial charge in [0.1, 0.15) is 0 Å². The van der Waals surface area contributed by atoms with E-state index in [4.69, 9.17) is 5.11 Å². The molecule has 4 nitrogen and oxygen atoms in total. The van der Waals surface area contributed by atoms with E-state index in [9.17, 15) is 22.8 Å². The Morgan fingerprint density at radius 3 is 2.00 bits per heavy atom. The van der Waals surface area contributed by atoms with Crippen molar-refractivity contribution in [2.45, 2.75) is 37.9 Å². The molecule has 0 aromatic heterocycles. The van der Waals surface area contributed by atoms with Crippen molar-refractivity contribution in [3.05, 3.63) is 0 Å². The topological polar surface area (TPSA) is 66.4 Å². The maximum atomic E-state index is 11.9. The minimum Gasteiger partial charge on any atom is -0.481 e. The lowest BCUT2D eigenvalue weighted by atomic mass is 9.86. The number of amides is 1. The highest BCUT2D eigenvalue weighted by molar-refractivity contribution is 5.82. The highest BCUT2D eigenvalue weighted by atomic mass is 19.4. The molecule has 0 aromatic rings. The van der Waals surface area contributed by atoms with E-state index in [1.807, 2.05) is 5.32 Å². The number of carbonyl (C=O) groups is 2. The molecule has 0 heterocycles. The summed E-state index contributed by atoms with van der Waals surface area (Å²) in [6.45, 7) is 0. The van der Waals surface area contributed by atoms with Crippen LogP contribution in [-0.4, -0.2) is 29.2 Å². The van der Waals surface area contributed by atoms with Crippen LogP contribution >= 0.6 is 0 Å². The molecule has 92 valence electrons. The summed E-state index contributed by atoms with van der Waals surface area (Å²) in [5, 5.41) is 10.5. The van der Waals surface area contributed by atoms with Gasteiger partial charge >= 0.3 is 18.1 Å². The SMILES string of the molecule is O=C(O)C1CCC(NC(=O)C(F)(F)F)CC1. The molecule has 0 unspecified atom stereocenters. The third kappa shape index (κ3) is 3.39. The van der Waals surface area contributed by atoms with Crippen LogP contribution in [0.2, 0.25) is 0 Å². The first-order valence-electron chi connectivity index (χ1n) is 4.91. The molecule has 1 rings (SSSR count). The predicted molar refractivity (Wildman–Crippen MR) is 47.6 cm³/mol. The monoisotopic (exact) mass is 239 g/mol. The Kier molecular flexibility index (Phi) is 3.77. The van der Waals surface area contributed by atoms with Gasteiger partial charge in [0, 0.05) is 6.04 Å². The average molecular weight is 239 g/mol. The first-order chi connectivity index (χ1) is 7.30. The van der Waals surface area contributed by atoms with Crippen molar-refractivity contribution < 1.29 is 27.9 Å². The summed E-state index contributed by atoms with van der Waals surface area (Å²) in [7, 11) is 0. The van der Waals surface area contributed by atoms with Gasteiger partial charge in [-0.2, -0.15) is 13.2 Å². The molecule has 2 N–H and O–H groups in total. The van der Waals surface area contributed by atoms with Crippen molar-refractivity contribution in [2.24, 2.45) is 5.92 Å². The Morgan fingerprint density at radius 2 is 1.62 bits per heavy atom. The fourth-order valence-electron chi connectivity index (χ4n) is 1.75. The van der Waals surface area contributed by atoms with Gasteiger partial charge in [-0.25, -0.2) is 0 Å². The normalized spacial score (nSPS) is 26.2. The summed E-state index contributed by atoms with van der Waals surface area (Å²) >= 11 is 0. The molecule has 1 saturated carbocycles. The third-order valence-corrected chi connectivity index (χ3v) is 2.67. The number of carboxylic acids is 1. The van der Waals surface area contributed by atoms with Gasteiger partial charge in [-0.15, -0.1) is 0 Å². The molecule has 1 aliphatic carbocycles. The van der Waals surface area contributed by atoms with Crippen LogP contribution < -0.4 is 5.32 Å². The number of carboxylic acid groups (broad SMARTS) is 1. The Bertz CT molecular complexity index is 282. The molecular weight excluding hydrogens is 227 g/mol. The largest absolute Gasteiger partial charge is 0.481 e. The summed E-state index contributed by atoms with van der Waals surface area (Å²) in [4.78, 5) is 21.2. The molecule has 0 spiro atoms. The Hall–Kier alpha value is -1.27. The van der Waals surface area contributed by atoms with Gasteiger partial charge in [-0.1, -0.05) is 0 Å². The molecule has 0 saturated heterocycles. The zero-order valence-corrected chi connectivity index (χ0v) is 8.38. The lowest BCUT2D eigenvalue weighted by molar-refractivity contribution is -0.174. The van der Waals surface area contributed by atoms with E-state index < -0.39 is 30.0 Å². The summed E-state index contributed by atoms with van der Waals surface area (Å²) in [5.74, 6) is -3.38. The standard InChI is InChI=1S/C9H12F3NO3/c10-9(11,12)8(16)13-6-3-1-5(2-4-6)7(14)15/h5-6H,1-4H2,(H,13,16)(H,14,15). The van der Waals surface area contributed by atoms with Gasteiger partial charge in [-0.05, 0) is 25.7 Å². The lowest BCUT2D eigenvalue weighted by Gasteiger charge is -2.27.